The van der Waals surface area contributed by atoms with Crippen molar-refractivity contribution >= 4 is 21.6 Å². The quantitative estimate of drug-likeness (QED) is 0.462. The van der Waals surface area contributed by atoms with Gasteiger partial charge in [0.05, 0.1) is 4.90 Å². The van der Waals surface area contributed by atoms with Gasteiger partial charge in [0.15, 0.2) is 15.6 Å². The van der Waals surface area contributed by atoms with Crippen molar-refractivity contribution in [2.75, 3.05) is 6.26 Å². The van der Waals surface area contributed by atoms with Crippen LogP contribution in [0.25, 0.3) is 0 Å². The minimum Gasteiger partial charge on any atom is -0.480 e. The van der Waals surface area contributed by atoms with E-state index in [9.17, 15) is 28.2 Å². The molecule has 1 fully saturated rings. The molecule has 0 aliphatic heterocycles. The van der Waals surface area contributed by atoms with Crippen LogP contribution in [0.15, 0.2) is 29.2 Å². The van der Waals surface area contributed by atoms with Crippen LogP contribution < -0.4 is 11.5 Å². The van der Waals surface area contributed by atoms with Crippen LogP contribution in [0, 0.1) is 5.41 Å². The zero-order valence-corrected chi connectivity index (χ0v) is 16.0. The molecule has 4 atom stereocenters. The van der Waals surface area contributed by atoms with E-state index in [1.165, 1.54) is 12.1 Å². The lowest BCUT2D eigenvalue weighted by molar-refractivity contribution is -0.162. The molecule has 0 heterocycles. The molecule has 27 heavy (non-hydrogen) atoms. The molecule has 0 bridgehead atoms. The monoisotopic (exact) mass is 398 g/mol. The number of aliphatic hydroxyl groups is 1. The van der Waals surface area contributed by atoms with E-state index < -0.39 is 45.2 Å². The van der Waals surface area contributed by atoms with Gasteiger partial charge in [-0.25, -0.2) is 8.42 Å². The summed E-state index contributed by atoms with van der Waals surface area (Å²) in [6, 6.07) is 4.03. The molecule has 2 rings (SSSR count). The Kier molecular flexibility index (Phi) is 6.41. The number of carbonyl (C=O) groups excluding carboxylic acids is 1. The number of aliphatic carboxylic acids is 1. The SMILES string of the molecule is CS(=O)(=O)c1ccc(C[C@@H](N)[C@H](O)C(=O)C2(C(=O)O)CCCCC2N)cc1. The fraction of sp³-hybridized carbons (Fsp3) is 0.556. The normalized spacial score (nSPS) is 25.6. The molecule has 0 spiro atoms. The third kappa shape index (κ3) is 4.37. The summed E-state index contributed by atoms with van der Waals surface area (Å²) in [6.07, 6.45) is 1.25. The summed E-state index contributed by atoms with van der Waals surface area (Å²) in [7, 11) is -3.33. The van der Waals surface area contributed by atoms with Gasteiger partial charge in [-0.05, 0) is 37.0 Å². The molecule has 1 saturated carbocycles. The number of aliphatic hydroxyl groups excluding tert-OH is 1. The molecule has 1 aliphatic rings. The minimum atomic E-state index is -3.33. The molecule has 150 valence electrons. The average Bonchev–Trinajstić information content (AvgIpc) is 2.60. The third-order valence-electron chi connectivity index (χ3n) is 5.29. The number of benzene rings is 1. The number of ketones is 1. The van der Waals surface area contributed by atoms with Gasteiger partial charge in [0.25, 0.3) is 0 Å². The predicted octanol–water partition coefficient (Wildman–Crippen LogP) is -0.138. The van der Waals surface area contributed by atoms with Crippen molar-refractivity contribution in [3.63, 3.8) is 0 Å². The van der Waals surface area contributed by atoms with E-state index in [2.05, 4.69) is 0 Å². The maximum atomic E-state index is 12.8. The van der Waals surface area contributed by atoms with Gasteiger partial charge < -0.3 is 21.7 Å². The van der Waals surface area contributed by atoms with Crippen LogP contribution in [0.1, 0.15) is 31.2 Å². The number of rotatable bonds is 7. The van der Waals surface area contributed by atoms with Crippen LogP contribution in [0.4, 0.5) is 0 Å². The number of carboxylic acid groups (broad SMARTS) is 1. The number of sulfone groups is 1. The number of hydrogen-bond donors (Lipinski definition) is 4. The van der Waals surface area contributed by atoms with E-state index in [0.29, 0.717) is 18.4 Å². The van der Waals surface area contributed by atoms with E-state index in [0.717, 1.165) is 12.7 Å². The number of nitrogens with two attached hydrogens (primary N) is 2. The Balaban J connectivity index is 2.17. The van der Waals surface area contributed by atoms with Crippen molar-refractivity contribution in [2.45, 2.75) is 55.2 Å². The molecular weight excluding hydrogens is 372 g/mol. The Morgan fingerprint density at radius 1 is 1.26 bits per heavy atom. The molecule has 1 aromatic rings. The van der Waals surface area contributed by atoms with Gasteiger partial charge in [-0.3, -0.25) is 9.59 Å². The van der Waals surface area contributed by atoms with Crippen molar-refractivity contribution in [2.24, 2.45) is 16.9 Å². The van der Waals surface area contributed by atoms with Gasteiger partial charge >= 0.3 is 5.97 Å². The van der Waals surface area contributed by atoms with Crippen LogP contribution >= 0.6 is 0 Å². The molecular formula is C18H26N2O6S. The lowest BCUT2D eigenvalue weighted by atomic mass is 9.66. The maximum Gasteiger partial charge on any atom is 0.318 e. The molecule has 1 aliphatic carbocycles. The number of carbonyl (C=O) groups is 2. The molecule has 0 amide bonds. The van der Waals surface area contributed by atoms with E-state index in [-0.39, 0.29) is 17.7 Å². The largest absolute Gasteiger partial charge is 0.480 e. The van der Waals surface area contributed by atoms with Gasteiger partial charge in [0.1, 0.15) is 11.5 Å². The lowest BCUT2D eigenvalue weighted by Crippen LogP contribution is -2.60. The first-order valence-corrected chi connectivity index (χ1v) is 10.6. The first kappa shape index (κ1) is 21.5. The summed E-state index contributed by atoms with van der Waals surface area (Å²) in [5, 5.41) is 20.1. The lowest BCUT2D eigenvalue weighted by Gasteiger charge is -2.39. The fourth-order valence-corrected chi connectivity index (χ4v) is 4.22. The summed E-state index contributed by atoms with van der Waals surface area (Å²) in [5.41, 5.74) is 10.7. The molecule has 8 nitrogen and oxygen atoms in total. The van der Waals surface area contributed by atoms with Gasteiger partial charge in [0, 0.05) is 18.3 Å². The molecule has 9 heteroatoms. The van der Waals surface area contributed by atoms with Crippen molar-refractivity contribution in [1.29, 1.82) is 0 Å². The van der Waals surface area contributed by atoms with Crippen LogP contribution in [0.3, 0.4) is 0 Å². The summed E-state index contributed by atoms with van der Waals surface area (Å²) >= 11 is 0. The highest BCUT2D eigenvalue weighted by Gasteiger charge is 2.54. The minimum absolute atomic E-state index is 0.0785. The summed E-state index contributed by atoms with van der Waals surface area (Å²) < 4.78 is 23.0. The Morgan fingerprint density at radius 3 is 2.33 bits per heavy atom. The molecule has 6 N–H and O–H groups in total. The molecule has 1 aromatic carbocycles. The van der Waals surface area contributed by atoms with Crippen molar-refractivity contribution in [3.8, 4) is 0 Å². The topological polar surface area (TPSA) is 161 Å². The summed E-state index contributed by atoms with van der Waals surface area (Å²) in [4.78, 5) is 24.8. The third-order valence-corrected chi connectivity index (χ3v) is 6.42. The smallest absolute Gasteiger partial charge is 0.318 e. The van der Waals surface area contributed by atoms with Crippen LogP contribution in [0.5, 0.6) is 0 Å². The summed E-state index contributed by atoms with van der Waals surface area (Å²) in [6.45, 7) is 0. The average molecular weight is 398 g/mol. The standard InChI is InChI=1S/C18H26N2O6S/c1-27(25,26)12-7-5-11(6-8-12)10-13(19)15(21)16(22)18(17(23)24)9-3-2-4-14(18)20/h5-8,13-15,21H,2-4,9-10,19-20H2,1H3,(H,23,24)/t13-,14?,15+,18?/m1/s1. The highest BCUT2D eigenvalue weighted by atomic mass is 32.2. The highest BCUT2D eigenvalue weighted by Crippen LogP contribution is 2.38. The summed E-state index contributed by atoms with van der Waals surface area (Å²) in [5.74, 6) is -2.19. The van der Waals surface area contributed by atoms with Crippen LogP contribution in [-0.4, -0.2) is 54.8 Å². The molecule has 0 radical (unpaired) electrons. The predicted molar refractivity (Wildman–Crippen MR) is 98.8 cm³/mol. The number of hydrogen-bond acceptors (Lipinski definition) is 7. The maximum absolute atomic E-state index is 12.8. The number of carboxylic acids is 1. The van der Waals surface area contributed by atoms with Gasteiger partial charge in [0.2, 0.25) is 0 Å². The second-order valence-corrected chi connectivity index (χ2v) is 9.24. The van der Waals surface area contributed by atoms with Crippen LogP contribution in [0.2, 0.25) is 0 Å². The Labute approximate surface area is 158 Å². The second-order valence-electron chi connectivity index (χ2n) is 7.22. The molecule has 0 saturated heterocycles. The first-order chi connectivity index (χ1) is 12.5. The van der Waals surface area contributed by atoms with E-state index in [1.807, 2.05) is 0 Å². The zero-order chi connectivity index (χ0) is 20.4. The Morgan fingerprint density at radius 2 is 1.85 bits per heavy atom. The molecule has 0 aromatic heterocycles. The Hall–Kier alpha value is -1.81. The van der Waals surface area contributed by atoms with E-state index in [4.69, 9.17) is 11.5 Å². The fourth-order valence-electron chi connectivity index (χ4n) is 3.59. The first-order valence-electron chi connectivity index (χ1n) is 8.76. The highest BCUT2D eigenvalue weighted by molar-refractivity contribution is 7.90. The van der Waals surface area contributed by atoms with E-state index >= 15 is 0 Å². The van der Waals surface area contributed by atoms with Crippen molar-refractivity contribution in [3.05, 3.63) is 29.8 Å². The second kappa shape index (κ2) is 8.05. The van der Waals surface area contributed by atoms with Crippen LogP contribution in [-0.2, 0) is 25.8 Å². The Bertz CT molecular complexity index is 808. The van der Waals surface area contributed by atoms with Gasteiger partial charge in [-0.2, -0.15) is 0 Å². The van der Waals surface area contributed by atoms with Gasteiger partial charge in [-0.15, -0.1) is 0 Å². The van der Waals surface area contributed by atoms with Crippen molar-refractivity contribution in [1.82, 2.24) is 0 Å². The van der Waals surface area contributed by atoms with E-state index in [1.54, 1.807) is 12.1 Å². The van der Waals surface area contributed by atoms with Crippen molar-refractivity contribution < 1.29 is 28.2 Å². The molecule has 2 unspecified atom stereocenters. The number of Topliss-reactive ketones (excluding diaryl/α,β-unsaturated/α-hetero) is 1. The zero-order valence-electron chi connectivity index (χ0n) is 15.2. The van der Waals surface area contributed by atoms with Gasteiger partial charge in [-0.1, -0.05) is 25.0 Å².